The van der Waals surface area contributed by atoms with Gasteiger partial charge in [-0.25, -0.2) is 4.98 Å². The van der Waals surface area contributed by atoms with Crippen LogP contribution in [0.2, 0.25) is 0 Å². The van der Waals surface area contributed by atoms with E-state index in [4.69, 9.17) is 19.2 Å². The molecule has 3 aromatic rings. The number of methoxy groups -OCH3 is 3. The van der Waals surface area contributed by atoms with E-state index < -0.39 is 0 Å². The highest BCUT2D eigenvalue weighted by molar-refractivity contribution is 5.54. The molecule has 0 aliphatic carbocycles. The third kappa shape index (κ3) is 4.60. The van der Waals surface area contributed by atoms with Crippen molar-refractivity contribution in [2.24, 2.45) is 0 Å². The van der Waals surface area contributed by atoms with Crippen LogP contribution in [0.25, 0.3) is 11.4 Å². The molecule has 8 heteroatoms. The van der Waals surface area contributed by atoms with Crippen molar-refractivity contribution >= 4 is 0 Å². The van der Waals surface area contributed by atoms with Crippen molar-refractivity contribution in [3.63, 3.8) is 0 Å². The lowest BCUT2D eigenvalue weighted by molar-refractivity contribution is 0.137. The molecule has 1 aliphatic heterocycles. The number of hydrogen-bond acceptors (Lipinski definition) is 7. The Balaban J connectivity index is 1.66. The lowest BCUT2D eigenvalue weighted by Crippen LogP contribution is -2.34. The summed E-state index contributed by atoms with van der Waals surface area (Å²) >= 11 is 0. The summed E-state index contributed by atoms with van der Waals surface area (Å²) in [6.45, 7) is 1.59. The zero-order valence-corrected chi connectivity index (χ0v) is 18.6. The Morgan fingerprint density at radius 2 is 1.88 bits per heavy atom. The molecule has 0 radical (unpaired) electrons. The maximum Gasteiger partial charge on any atom is 0.251 e. The van der Waals surface area contributed by atoms with Crippen molar-refractivity contribution < 1.29 is 14.2 Å². The van der Waals surface area contributed by atoms with E-state index in [9.17, 15) is 4.79 Å². The van der Waals surface area contributed by atoms with Gasteiger partial charge in [-0.15, -0.1) is 0 Å². The lowest BCUT2D eigenvalue weighted by Gasteiger charge is -2.35. The third-order valence-electron chi connectivity index (χ3n) is 5.76. The minimum atomic E-state index is -0.160. The summed E-state index contributed by atoms with van der Waals surface area (Å²) in [6, 6.07) is 9.32. The van der Waals surface area contributed by atoms with E-state index >= 15 is 0 Å². The number of hydrogen-bond donors (Lipinski definition) is 1. The van der Waals surface area contributed by atoms with Crippen molar-refractivity contribution in [1.82, 2.24) is 19.9 Å². The predicted molar refractivity (Wildman–Crippen MR) is 121 cm³/mol. The van der Waals surface area contributed by atoms with Gasteiger partial charge in [-0.05, 0) is 49.2 Å². The molecule has 0 spiro atoms. The fraction of sp³-hybridized carbons (Fsp3) is 0.375. The Labute approximate surface area is 187 Å². The highest BCUT2D eigenvalue weighted by atomic mass is 16.5. The first-order valence-electron chi connectivity index (χ1n) is 10.7. The Kier molecular flexibility index (Phi) is 6.70. The topological polar surface area (TPSA) is 89.6 Å². The van der Waals surface area contributed by atoms with Gasteiger partial charge in [0, 0.05) is 30.6 Å². The maximum absolute atomic E-state index is 12.4. The number of rotatable bonds is 7. The van der Waals surface area contributed by atoms with Gasteiger partial charge in [0.1, 0.15) is 5.82 Å². The molecular formula is C24H28N4O4. The first kappa shape index (κ1) is 21.8. The van der Waals surface area contributed by atoms with E-state index in [0.29, 0.717) is 29.6 Å². The predicted octanol–water partition coefficient (Wildman–Crippen LogP) is 3.58. The number of aromatic amines is 1. The first-order valence-corrected chi connectivity index (χ1v) is 10.7. The number of aromatic nitrogens is 3. The number of benzene rings is 1. The van der Waals surface area contributed by atoms with Crippen molar-refractivity contribution in [3.05, 3.63) is 64.3 Å². The number of likely N-dealkylation sites (tertiary alicyclic amines) is 1. The Bertz CT molecular complexity index is 1090. The molecular weight excluding hydrogens is 408 g/mol. The second-order valence-corrected chi connectivity index (χ2v) is 7.78. The molecule has 4 rings (SSSR count). The zero-order chi connectivity index (χ0) is 22.5. The smallest absolute Gasteiger partial charge is 0.251 e. The van der Waals surface area contributed by atoms with Crippen LogP contribution in [0.1, 0.15) is 36.6 Å². The van der Waals surface area contributed by atoms with Gasteiger partial charge < -0.3 is 19.2 Å². The number of H-pyrrole nitrogens is 1. The highest BCUT2D eigenvalue weighted by Crippen LogP contribution is 2.39. The molecule has 1 aromatic carbocycles. The second-order valence-electron chi connectivity index (χ2n) is 7.78. The molecule has 0 bridgehead atoms. The normalized spacial score (nSPS) is 16.5. The third-order valence-corrected chi connectivity index (χ3v) is 5.76. The molecule has 2 aromatic heterocycles. The molecule has 0 amide bonds. The average molecular weight is 437 g/mol. The SMILES string of the molecule is COc1cc(CN2CCCCC2c2cc(=O)[nH]c(-c3cccnc3)n2)cc(OC)c1OC. The number of pyridine rings is 1. The summed E-state index contributed by atoms with van der Waals surface area (Å²) < 4.78 is 16.5. The fourth-order valence-corrected chi connectivity index (χ4v) is 4.26. The van der Waals surface area contributed by atoms with Crippen LogP contribution in [0.3, 0.4) is 0 Å². The molecule has 0 saturated carbocycles. The van der Waals surface area contributed by atoms with Crippen LogP contribution in [0.4, 0.5) is 0 Å². The van der Waals surface area contributed by atoms with Gasteiger partial charge in [-0.3, -0.25) is 14.7 Å². The van der Waals surface area contributed by atoms with Crippen LogP contribution in [0, 0.1) is 0 Å². The van der Waals surface area contributed by atoms with Gasteiger partial charge in [-0.1, -0.05) is 6.42 Å². The van der Waals surface area contributed by atoms with Gasteiger partial charge in [0.2, 0.25) is 5.75 Å². The highest BCUT2D eigenvalue weighted by Gasteiger charge is 2.27. The molecule has 3 heterocycles. The lowest BCUT2D eigenvalue weighted by atomic mass is 9.98. The zero-order valence-electron chi connectivity index (χ0n) is 18.6. The first-order chi connectivity index (χ1) is 15.6. The van der Waals surface area contributed by atoms with Gasteiger partial charge in [0.25, 0.3) is 5.56 Å². The molecule has 1 aliphatic rings. The van der Waals surface area contributed by atoms with Gasteiger partial charge in [-0.2, -0.15) is 0 Å². The number of nitrogens with one attached hydrogen (secondary N) is 1. The number of nitrogens with zero attached hydrogens (tertiary/aromatic N) is 3. The van der Waals surface area contributed by atoms with Crippen LogP contribution in [0.15, 0.2) is 47.5 Å². The molecule has 1 N–H and O–H groups in total. The monoisotopic (exact) mass is 436 g/mol. The van der Waals surface area contributed by atoms with Crippen molar-refractivity contribution in [3.8, 4) is 28.6 Å². The van der Waals surface area contributed by atoms with Gasteiger partial charge >= 0.3 is 0 Å². The van der Waals surface area contributed by atoms with E-state index in [2.05, 4.69) is 14.9 Å². The molecule has 168 valence electrons. The van der Waals surface area contributed by atoms with Crippen LogP contribution in [0.5, 0.6) is 17.2 Å². The van der Waals surface area contributed by atoms with Crippen molar-refractivity contribution in [1.29, 1.82) is 0 Å². The molecule has 1 atom stereocenters. The van der Waals surface area contributed by atoms with E-state index in [-0.39, 0.29) is 11.6 Å². The Hall–Kier alpha value is -3.39. The van der Waals surface area contributed by atoms with E-state index in [1.807, 2.05) is 24.3 Å². The van der Waals surface area contributed by atoms with E-state index in [0.717, 1.165) is 42.6 Å². The quantitative estimate of drug-likeness (QED) is 0.605. The minimum absolute atomic E-state index is 0.0422. The molecule has 1 saturated heterocycles. The van der Waals surface area contributed by atoms with Gasteiger partial charge in [0.15, 0.2) is 11.5 Å². The number of ether oxygens (including phenoxy) is 3. The van der Waals surface area contributed by atoms with Crippen LogP contribution < -0.4 is 19.8 Å². The van der Waals surface area contributed by atoms with E-state index in [1.54, 1.807) is 39.8 Å². The molecule has 1 fully saturated rings. The minimum Gasteiger partial charge on any atom is -0.493 e. The Morgan fingerprint density at radius 3 is 2.53 bits per heavy atom. The van der Waals surface area contributed by atoms with Crippen LogP contribution in [-0.2, 0) is 6.54 Å². The van der Waals surface area contributed by atoms with Crippen LogP contribution in [-0.4, -0.2) is 47.7 Å². The largest absolute Gasteiger partial charge is 0.493 e. The van der Waals surface area contributed by atoms with Crippen LogP contribution >= 0.6 is 0 Å². The summed E-state index contributed by atoms with van der Waals surface area (Å²) in [7, 11) is 4.83. The molecule has 32 heavy (non-hydrogen) atoms. The van der Waals surface area contributed by atoms with E-state index in [1.165, 1.54) is 0 Å². The van der Waals surface area contributed by atoms with Crippen molar-refractivity contribution in [2.45, 2.75) is 31.8 Å². The average Bonchev–Trinajstić information content (AvgIpc) is 2.83. The summed E-state index contributed by atoms with van der Waals surface area (Å²) in [5.41, 5.74) is 2.45. The summed E-state index contributed by atoms with van der Waals surface area (Å²) in [5, 5.41) is 0. The summed E-state index contributed by atoms with van der Waals surface area (Å²) in [6.07, 6.45) is 6.53. The standard InChI is InChI=1S/C24H28N4O4/c1-30-20-11-16(12-21(31-2)23(20)32-3)15-28-10-5-4-8-19(28)18-13-22(29)27-24(26-18)17-7-6-9-25-14-17/h6-7,9,11-14,19H,4-5,8,10,15H2,1-3H3,(H,26,27,29). The maximum atomic E-state index is 12.4. The summed E-state index contributed by atoms with van der Waals surface area (Å²) in [5.74, 6) is 2.37. The number of piperidine rings is 1. The molecule has 1 unspecified atom stereocenters. The molecule has 8 nitrogen and oxygen atoms in total. The van der Waals surface area contributed by atoms with Gasteiger partial charge in [0.05, 0.1) is 33.1 Å². The fourth-order valence-electron chi connectivity index (χ4n) is 4.26. The Morgan fingerprint density at radius 1 is 1.09 bits per heavy atom. The summed E-state index contributed by atoms with van der Waals surface area (Å²) in [4.78, 5) is 26.6. The second kappa shape index (κ2) is 9.82. The van der Waals surface area contributed by atoms with Crippen molar-refractivity contribution in [2.75, 3.05) is 27.9 Å².